The number of hydrogen-bond acceptors (Lipinski definition) is 3. The third kappa shape index (κ3) is 3.40. The van der Waals surface area contributed by atoms with Gasteiger partial charge in [0.15, 0.2) is 0 Å². The number of carboxylic acid groups (broad SMARTS) is 1. The van der Waals surface area contributed by atoms with Crippen LogP contribution in [0.1, 0.15) is 33.1 Å². The van der Waals surface area contributed by atoms with E-state index in [-0.39, 0.29) is 13.1 Å². The predicted molar refractivity (Wildman–Crippen MR) is 63.8 cm³/mol. The molecular weight excluding hydrogens is 244 g/mol. The lowest BCUT2D eigenvalue weighted by Gasteiger charge is -2.35. The number of hydrogen-bond donors (Lipinski definition) is 2. The molecule has 7 heteroatoms. The van der Waals surface area contributed by atoms with Gasteiger partial charge < -0.3 is 5.11 Å². The largest absolute Gasteiger partial charge is 0.481 e. The van der Waals surface area contributed by atoms with Crippen molar-refractivity contribution in [3.05, 3.63) is 0 Å². The smallest absolute Gasteiger partial charge is 0.309 e. The molecule has 1 aliphatic heterocycles. The van der Waals surface area contributed by atoms with Crippen molar-refractivity contribution < 1.29 is 18.3 Å². The van der Waals surface area contributed by atoms with Gasteiger partial charge in [0.1, 0.15) is 0 Å². The molecule has 0 atom stereocenters. The maximum absolute atomic E-state index is 11.8. The van der Waals surface area contributed by atoms with Gasteiger partial charge in [-0.15, -0.1) is 0 Å². The summed E-state index contributed by atoms with van der Waals surface area (Å²) in [6, 6.07) is 0. The second-order valence-corrected chi connectivity index (χ2v) is 6.42. The molecule has 0 unspecified atom stereocenters. The Balaban J connectivity index is 2.60. The third-order valence-electron chi connectivity index (χ3n) is 3.22. The molecule has 0 aliphatic carbocycles. The van der Waals surface area contributed by atoms with Crippen LogP contribution in [0.15, 0.2) is 0 Å². The third-order valence-corrected chi connectivity index (χ3v) is 4.83. The summed E-state index contributed by atoms with van der Waals surface area (Å²) >= 11 is 0. The van der Waals surface area contributed by atoms with Gasteiger partial charge in [0.25, 0.3) is 10.2 Å². The van der Waals surface area contributed by atoms with Crippen LogP contribution in [0.25, 0.3) is 0 Å². The van der Waals surface area contributed by atoms with Gasteiger partial charge >= 0.3 is 5.97 Å². The molecule has 1 fully saturated rings. The minimum Gasteiger partial charge on any atom is -0.481 e. The lowest BCUT2D eigenvalue weighted by atomic mass is 9.81. The summed E-state index contributed by atoms with van der Waals surface area (Å²) in [5, 5.41) is 9.04. The molecule has 0 aromatic heterocycles. The molecule has 6 nitrogen and oxygen atoms in total. The van der Waals surface area contributed by atoms with Crippen LogP contribution < -0.4 is 4.72 Å². The number of rotatable bonds is 5. The quantitative estimate of drug-likeness (QED) is 0.753. The maximum Gasteiger partial charge on any atom is 0.309 e. The van der Waals surface area contributed by atoms with Gasteiger partial charge in [-0.3, -0.25) is 4.79 Å². The van der Waals surface area contributed by atoms with Crippen LogP contribution in [0.2, 0.25) is 0 Å². The van der Waals surface area contributed by atoms with E-state index in [2.05, 4.69) is 4.72 Å². The number of aliphatic carboxylic acids is 1. The molecule has 0 aromatic carbocycles. The van der Waals surface area contributed by atoms with E-state index in [9.17, 15) is 13.2 Å². The zero-order valence-electron chi connectivity index (χ0n) is 10.3. The van der Waals surface area contributed by atoms with E-state index in [1.165, 1.54) is 4.31 Å². The summed E-state index contributed by atoms with van der Waals surface area (Å²) in [7, 11) is -3.43. The predicted octanol–water partition coefficient (Wildman–Crippen LogP) is 0.417. The van der Waals surface area contributed by atoms with Gasteiger partial charge in [0.05, 0.1) is 5.41 Å². The zero-order chi connectivity index (χ0) is 13.1. The summed E-state index contributed by atoms with van der Waals surface area (Å²) < 4.78 is 27.4. The normalized spacial score (nSPS) is 21.3. The molecule has 0 saturated carbocycles. The Morgan fingerprint density at radius 2 is 1.94 bits per heavy atom. The minimum absolute atomic E-state index is 0.266. The molecule has 0 amide bonds. The average Bonchev–Trinajstić information content (AvgIpc) is 2.27. The Labute approximate surface area is 102 Å². The van der Waals surface area contributed by atoms with Crippen LogP contribution in [0.3, 0.4) is 0 Å². The Hall–Kier alpha value is -0.660. The van der Waals surface area contributed by atoms with Crippen molar-refractivity contribution in [1.29, 1.82) is 0 Å². The molecule has 1 heterocycles. The molecule has 17 heavy (non-hydrogen) atoms. The SMILES string of the molecule is CCCNS(=O)(=O)N1CCC(C)(C(=O)O)CC1. The van der Waals surface area contributed by atoms with E-state index in [1.807, 2.05) is 6.92 Å². The fraction of sp³-hybridized carbons (Fsp3) is 0.900. The van der Waals surface area contributed by atoms with E-state index in [4.69, 9.17) is 5.11 Å². The van der Waals surface area contributed by atoms with Crippen molar-refractivity contribution in [3.8, 4) is 0 Å². The first-order valence-corrected chi connectivity index (χ1v) is 7.24. The summed E-state index contributed by atoms with van der Waals surface area (Å²) in [6.45, 7) is 4.50. The highest BCUT2D eigenvalue weighted by Gasteiger charge is 2.39. The molecule has 2 N–H and O–H groups in total. The molecule has 0 aromatic rings. The van der Waals surface area contributed by atoms with Crippen molar-refractivity contribution >= 4 is 16.2 Å². The summed E-state index contributed by atoms with van der Waals surface area (Å²) in [5.74, 6) is -0.851. The van der Waals surface area contributed by atoms with Gasteiger partial charge in [-0.1, -0.05) is 6.92 Å². The minimum atomic E-state index is -3.43. The monoisotopic (exact) mass is 264 g/mol. The van der Waals surface area contributed by atoms with Gasteiger partial charge in [-0.2, -0.15) is 12.7 Å². The van der Waals surface area contributed by atoms with Gasteiger partial charge in [-0.25, -0.2) is 4.72 Å². The van der Waals surface area contributed by atoms with Gasteiger partial charge in [0, 0.05) is 19.6 Å². The van der Waals surface area contributed by atoms with Gasteiger partial charge in [-0.05, 0) is 26.2 Å². The van der Waals surface area contributed by atoms with Crippen LogP contribution in [-0.4, -0.2) is 43.4 Å². The molecular formula is C10H20N2O4S. The van der Waals surface area contributed by atoms with Crippen molar-refractivity contribution in [2.24, 2.45) is 5.41 Å². The zero-order valence-corrected chi connectivity index (χ0v) is 11.1. The van der Waals surface area contributed by atoms with E-state index < -0.39 is 21.6 Å². The van der Waals surface area contributed by atoms with Crippen LogP contribution in [-0.2, 0) is 15.0 Å². The number of carbonyl (C=O) groups is 1. The number of piperidine rings is 1. The van der Waals surface area contributed by atoms with Crippen molar-refractivity contribution in [2.45, 2.75) is 33.1 Å². The van der Waals surface area contributed by atoms with Gasteiger partial charge in [0.2, 0.25) is 0 Å². The second-order valence-electron chi connectivity index (χ2n) is 4.66. The van der Waals surface area contributed by atoms with Crippen molar-refractivity contribution in [1.82, 2.24) is 9.03 Å². The Bertz CT molecular complexity index is 372. The Kier molecular flexibility index (Phi) is 4.51. The lowest BCUT2D eigenvalue weighted by Crippen LogP contribution is -2.49. The highest BCUT2D eigenvalue weighted by atomic mass is 32.2. The molecule has 1 aliphatic rings. The van der Waals surface area contributed by atoms with E-state index in [0.29, 0.717) is 19.4 Å². The fourth-order valence-electron chi connectivity index (χ4n) is 1.76. The summed E-state index contributed by atoms with van der Waals surface area (Å²) in [6.07, 6.45) is 1.45. The standard InChI is InChI=1S/C10H20N2O4S/c1-3-6-11-17(15,16)12-7-4-10(2,5-8-12)9(13)14/h11H,3-8H2,1-2H3,(H,13,14). The topological polar surface area (TPSA) is 86.7 Å². The van der Waals surface area contributed by atoms with Crippen molar-refractivity contribution in [2.75, 3.05) is 19.6 Å². The van der Waals surface area contributed by atoms with Crippen LogP contribution in [0.4, 0.5) is 0 Å². The fourth-order valence-corrected chi connectivity index (χ4v) is 3.06. The first-order chi connectivity index (χ1) is 7.82. The van der Waals surface area contributed by atoms with E-state index in [0.717, 1.165) is 6.42 Å². The first kappa shape index (κ1) is 14.4. The van der Waals surface area contributed by atoms with Crippen molar-refractivity contribution in [3.63, 3.8) is 0 Å². The molecule has 1 rings (SSSR count). The summed E-state index contributed by atoms with van der Waals surface area (Å²) in [5.41, 5.74) is -0.795. The van der Waals surface area contributed by atoms with Crippen LogP contribution >= 0.6 is 0 Å². The number of carboxylic acids is 1. The van der Waals surface area contributed by atoms with E-state index >= 15 is 0 Å². The summed E-state index contributed by atoms with van der Waals surface area (Å²) in [4.78, 5) is 11.0. The van der Waals surface area contributed by atoms with Crippen LogP contribution in [0, 0.1) is 5.41 Å². The molecule has 0 spiro atoms. The molecule has 1 saturated heterocycles. The number of nitrogens with zero attached hydrogens (tertiary/aromatic N) is 1. The Morgan fingerprint density at radius 3 is 2.35 bits per heavy atom. The van der Waals surface area contributed by atoms with Crippen LogP contribution in [0.5, 0.6) is 0 Å². The lowest BCUT2D eigenvalue weighted by molar-refractivity contribution is -0.150. The average molecular weight is 264 g/mol. The molecule has 0 radical (unpaired) electrons. The molecule has 0 bridgehead atoms. The Morgan fingerprint density at radius 1 is 1.41 bits per heavy atom. The molecule has 100 valence electrons. The number of nitrogens with one attached hydrogen (secondary N) is 1. The second kappa shape index (κ2) is 5.32. The van der Waals surface area contributed by atoms with E-state index in [1.54, 1.807) is 6.92 Å². The highest BCUT2D eigenvalue weighted by molar-refractivity contribution is 7.87. The maximum atomic E-state index is 11.8. The first-order valence-electron chi connectivity index (χ1n) is 5.80. The highest BCUT2D eigenvalue weighted by Crippen LogP contribution is 2.31.